The number of carbonyl (C=O) groups is 1. The number of amides is 1. The highest BCUT2D eigenvalue weighted by Gasteiger charge is 2.50. The van der Waals surface area contributed by atoms with Gasteiger partial charge in [0, 0.05) is 25.2 Å². The van der Waals surface area contributed by atoms with Crippen molar-refractivity contribution in [2.45, 2.75) is 58.2 Å². The lowest BCUT2D eigenvalue weighted by Gasteiger charge is -2.39. The number of rotatable bonds is 4. The number of hydrogen-bond donors (Lipinski definition) is 0. The summed E-state index contributed by atoms with van der Waals surface area (Å²) in [6.45, 7) is 10.00. The molecule has 1 aromatic heterocycles. The average Bonchev–Trinajstić information content (AvgIpc) is 3.09. The van der Waals surface area contributed by atoms with Gasteiger partial charge >= 0.3 is 0 Å². The Kier molecular flexibility index (Phi) is 4.81. The number of carbonyl (C=O) groups excluding carboxylic acids is 1. The summed E-state index contributed by atoms with van der Waals surface area (Å²) in [6.07, 6.45) is 3.46. The molecule has 28 heavy (non-hydrogen) atoms. The van der Waals surface area contributed by atoms with Crippen molar-refractivity contribution in [3.05, 3.63) is 29.8 Å². The highest BCUT2D eigenvalue weighted by atomic mass is 32.2. The molecule has 2 heterocycles. The van der Waals surface area contributed by atoms with Crippen LogP contribution in [0.15, 0.2) is 29.4 Å². The number of fused-ring (bicyclic) bond motifs is 2. The molecule has 1 aliphatic heterocycles. The summed E-state index contributed by atoms with van der Waals surface area (Å²) in [5.41, 5.74) is 2.85. The summed E-state index contributed by atoms with van der Waals surface area (Å²) in [5.74, 6) is 1.50. The second kappa shape index (κ2) is 6.90. The standard InChI is InChI=1S/C22H30N4OS/c1-15-8-6-7-9-17(15)19-23-24-20(25(19)5)28-12-18(27)26-14-22(4)11-16(26)10-21(2,3)13-22/h6-9,16H,10-14H2,1-5H3. The topological polar surface area (TPSA) is 51.0 Å². The molecule has 1 saturated carbocycles. The lowest BCUT2D eigenvalue weighted by molar-refractivity contribution is -0.129. The van der Waals surface area contributed by atoms with Gasteiger partial charge in [0.1, 0.15) is 0 Å². The van der Waals surface area contributed by atoms with E-state index in [-0.39, 0.29) is 11.3 Å². The van der Waals surface area contributed by atoms with Crippen molar-refractivity contribution in [1.29, 1.82) is 0 Å². The molecule has 5 nitrogen and oxygen atoms in total. The van der Waals surface area contributed by atoms with E-state index < -0.39 is 0 Å². The van der Waals surface area contributed by atoms with Crippen molar-refractivity contribution in [2.24, 2.45) is 17.9 Å². The third-order valence-corrected chi connectivity index (χ3v) is 7.29. The van der Waals surface area contributed by atoms with Crippen molar-refractivity contribution >= 4 is 17.7 Å². The summed E-state index contributed by atoms with van der Waals surface area (Å²) >= 11 is 1.49. The number of nitrogens with zero attached hydrogens (tertiary/aromatic N) is 4. The second-order valence-corrected chi connectivity index (χ2v) is 10.6. The highest BCUT2D eigenvalue weighted by Crippen LogP contribution is 2.52. The number of hydrogen-bond acceptors (Lipinski definition) is 4. The lowest BCUT2D eigenvalue weighted by Crippen LogP contribution is -2.38. The van der Waals surface area contributed by atoms with Crippen LogP contribution < -0.4 is 0 Å². The van der Waals surface area contributed by atoms with E-state index in [0.717, 1.165) is 35.9 Å². The zero-order valence-corrected chi connectivity index (χ0v) is 18.3. The van der Waals surface area contributed by atoms with Crippen LogP contribution in [0.3, 0.4) is 0 Å². The molecule has 0 radical (unpaired) electrons. The van der Waals surface area contributed by atoms with Gasteiger partial charge < -0.3 is 9.47 Å². The van der Waals surface area contributed by atoms with Gasteiger partial charge in [0.2, 0.25) is 5.91 Å². The van der Waals surface area contributed by atoms with Gasteiger partial charge in [-0.15, -0.1) is 10.2 Å². The minimum Gasteiger partial charge on any atom is -0.338 e. The zero-order chi connectivity index (χ0) is 20.1. The van der Waals surface area contributed by atoms with E-state index >= 15 is 0 Å². The molecule has 2 fully saturated rings. The molecule has 1 aromatic carbocycles. The van der Waals surface area contributed by atoms with Crippen LogP contribution in [0, 0.1) is 17.8 Å². The van der Waals surface area contributed by atoms with Crippen LogP contribution >= 0.6 is 11.8 Å². The first kappa shape index (κ1) is 19.5. The fourth-order valence-electron chi connectivity index (χ4n) is 5.46. The molecule has 1 aliphatic carbocycles. The van der Waals surface area contributed by atoms with E-state index in [4.69, 9.17) is 0 Å². The molecule has 2 aromatic rings. The number of thioether (sulfide) groups is 1. The first-order chi connectivity index (χ1) is 13.2. The lowest BCUT2D eigenvalue weighted by atomic mass is 9.65. The fraction of sp³-hybridized carbons (Fsp3) is 0.591. The van der Waals surface area contributed by atoms with Gasteiger partial charge in [-0.05, 0) is 42.6 Å². The Morgan fingerprint density at radius 2 is 1.96 bits per heavy atom. The van der Waals surface area contributed by atoms with Gasteiger partial charge in [0.15, 0.2) is 11.0 Å². The van der Waals surface area contributed by atoms with Crippen LogP contribution in [0.1, 0.15) is 45.6 Å². The van der Waals surface area contributed by atoms with E-state index in [0.29, 0.717) is 17.2 Å². The number of benzene rings is 1. The third kappa shape index (κ3) is 3.59. The predicted molar refractivity (Wildman–Crippen MR) is 113 cm³/mol. The van der Waals surface area contributed by atoms with Crippen LogP contribution in [-0.2, 0) is 11.8 Å². The Morgan fingerprint density at radius 1 is 1.21 bits per heavy atom. The number of likely N-dealkylation sites (tertiary alicyclic amines) is 1. The Labute approximate surface area is 171 Å². The molecule has 2 aliphatic rings. The molecule has 0 N–H and O–H groups in total. The molecular formula is C22H30N4OS. The molecule has 2 atom stereocenters. The minimum absolute atomic E-state index is 0.233. The Balaban J connectivity index is 1.45. The predicted octanol–water partition coefficient (Wildman–Crippen LogP) is 4.31. The fourth-order valence-corrected chi connectivity index (χ4v) is 6.26. The second-order valence-electron chi connectivity index (χ2n) is 9.70. The van der Waals surface area contributed by atoms with Crippen LogP contribution in [0.4, 0.5) is 0 Å². The average molecular weight is 399 g/mol. The van der Waals surface area contributed by atoms with Crippen LogP contribution in [0.2, 0.25) is 0 Å². The van der Waals surface area contributed by atoms with Crippen LogP contribution in [0.5, 0.6) is 0 Å². The molecule has 6 heteroatoms. The summed E-state index contributed by atoms with van der Waals surface area (Å²) in [6, 6.07) is 8.57. The maximum atomic E-state index is 13.0. The van der Waals surface area contributed by atoms with Crippen molar-refractivity contribution in [3.8, 4) is 11.4 Å². The van der Waals surface area contributed by atoms with E-state index in [1.807, 2.05) is 23.7 Å². The van der Waals surface area contributed by atoms with Crippen LogP contribution in [0.25, 0.3) is 11.4 Å². The van der Waals surface area contributed by atoms with Crippen molar-refractivity contribution in [3.63, 3.8) is 0 Å². The van der Waals surface area contributed by atoms with Gasteiger partial charge in [-0.2, -0.15) is 0 Å². The molecule has 2 unspecified atom stereocenters. The van der Waals surface area contributed by atoms with Gasteiger partial charge in [0.05, 0.1) is 5.75 Å². The van der Waals surface area contributed by atoms with Crippen molar-refractivity contribution in [1.82, 2.24) is 19.7 Å². The Hall–Kier alpha value is -1.82. The van der Waals surface area contributed by atoms with Gasteiger partial charge in [-0.25, -0.2) is 0 Å². The quantitative estimate of drug-likeness (QED) is 0.720. The van der Waals surface area contributed by atoms with Crippen molar-refractivity contribution < 1.29 is 4.79 Å². The maximum Gasteiger partial charge on any atom is 0.233 e. The Bertz CT molecular complexity index is 906. The minimum atomic E-state index is 0.233. The molecule has 1 amide bonds. The van der Waals surface area contributed by atoms with E-state index in [9.17, 15) is 4.79 Å². The number of aromatic nitrogens is 3. The summed E-state index contributed by atoms with van der Waals surface area (Å²) in [7, 11) is 1.97. The van der Waals surface area contributed by atoms with Gasteiger partial charge in [-0.3, -0.25) is 4.79 Å². The molecular weight excluding hydrogens is 368 g/mol. The normalized spacial score (nSPS) is 25.9. The highest BCUT2D eigenvalue weighted by molar-refractivity contribution is 7.99. The summed E-state index contributed by atoms with van der Waals surface area (Å²) < 4.78 is 1.99. The SMILES string of the molecule is Cc1ccccc1-c1nnc(SCC(=O)N2CC3(C)CC2CC(C)(C)C3)n1C. The van der Waals surface area contributed by atoms with E-state index in [2.05, 4.69) is 54.9 Å². The molecule has 0 spiro atoms. The van der Waals surface area contributed by atoms with Gasteiger partial charge in [-0.1, -0.05) is 56.8 Å². The van der Waals surface area contributed by atoms with Crippen molar-refractivity contribution in [2.75, 3.05) is 12.3 Å². The van der Waals surface area contributed by atoms with Crippen LogP contribution in [-0.4, -0.2) is 43.9 Å². The number of aryl methyl sites for hydroxylation is 1. The molecule has 150 valence electrons. The molecule has 1 saturated heterocycles. The monoisotopic (exact) mass is 398 g/mol. The largest absolute Gasteiger partial charge is 0.338 e. The maximum absolute atomic E-state index is 13.0. The third-order valence-electron chi connectivity index (χ3n) is 6.28. The Morgan fingerprint density at radius 3 is 2.71 bits per heavy atom. The summed E-state index contributed by atoms with van der Waals surface area (Å²) in [5, 5.41) is 9.50. The smallest absolute Gasteiger partial charge is 0.233 e. The molecule has 2 bridgehead atoms. The zero-order valence-electron chi connectivity index (χ0n) is 17.5. The molecule has 4 rings (SSSR count). The van der Waals surface area contributed by atoms with Gasteiger partial charge in [0.25, 0.3) is 0 Å². The first-order valence-electron chi connectivity index (χ1n) is 10.1. The summed E-state index contributed by atoms with van der Waals surface area (Å²) in [4.78, 5) is 15.1. The van der Waals surface area contributed by atoms with E-state index in [1.54, 1.807) is 0 Å². The first-order valence-corrected chi connectivity index (χ1v) is 11.0. The van der Waals surface area contributed by atoms with E-state index in [1.165, 1.54) is 23.7 Å².